The predicted octanol–water partition coefficient (Wildman–Crippen LogP) is 10.8. The zero-order valence-corrected chi connectivity index (χ0v) is 20.9. The van der Waals surface area contributed by atoms with Gasteiger partial charge in [0.25, 0.3) is 0 Å². The summed E-state index contributed by atoms with van der Waals surface area (Å²) in [5, 5.41) is 12.9. The summed E-state index contributed by atoms with van der Waals surface area (Å²) in [5.41, 5.74) is 5.15. The van der Waals surface area contributed by atoms with Gasteiger partial charge >= 0.3 is 0 Å². The first-order chi connectivity index (χ1) is 18.9. The average molecular weight is 481 g/mol. The highest BCUT2D eigenvalue weighted by molar-refractivity contribution is 6.26. The molecule has 176 valence electrons. The maximum Gasteiger partial charge on any atom is -0.00199 e. The second-order valence-corrected chi connectivity index (χ2v) is 10.1. The Bertz CT molecular complexity index is 2110. The van der Waals surface area contributed by atoms with Crippen LogP contribution in [0.2, 0.25) is 0 Å². The number of benzene rings is 8. The quantitative estimate of drug-likeness (QED) is 0.170. The molecule has 0 unspecified atom stereocenters. The fraction of sp³-hybridized carbons (Fsp3) is 0. The van der Waals surface area contributed by atoms with Crippen LogP contribution in [0.15, 0.2) is 146 Å². The Morgan fingerprint density at radius 2 is 0.711 bits per heavy atom. The summed E-state index contributed by atoms with van der Waals surface area (Å²) in [6, 6.07) is 53.3. The Kier molecular flexibility index (Phi) is 4.62. The van der Waals surface area contributed by atoms with Gasteiger partial charge in [-0.15, -0.1) is 0 Å². The molecule has 0 radical (unpaired) electrons. The van der Waals surface area contributed by atoms with Crippen LogP contribution in [0.4, 0.5) is 0 Å². The van der Waals surface area contributed by atoms with Crippen LogP contribution in [-0.2, 0) is 0 Å². The normalized spacial score (nSPS) is 11.7. The Labute approximate surface area is 221 Å². The van der Waals surface area contributed by atoms with Crippen LogP contribution in [0.5, 0.6) is 0 Å². The van der Waals surface area contributed by atoms with Gasteiger partial charge < -0.3 is 0 Å². The third kappa shape index (κ3) is 3.11. The molecule has 0 spiro atoms. The number of hydrogen-bond donors (Lipinski definition) is 0. The van der Waals surface area contributed by atoms with Crippen LogP contribution in [-0.4, -0.2) is 0 Å². The molecule has 0 aliphatic heterocycles. The lowest BCUT2D eigenvalue weighted by Gasteiger charge is -2.20. The van der Waals surface area contributed by atoms with E-state index < -0.39 is 0 Å². The van der Waals surface area contributed by atoms with Gasteiger partial charge in [-0.3, -0.25) is 0 Å². The summed E-state index contributed by atoms with van der Waals surface area (Å²) in [6.45, 7) is 0. The largest absolute Gasteiger partial charge is 0.0622 e. The molecular weight excluding hydrogens is 456 g/mol. The monoisotopic (exact) mass is 480 g/mol. The predicted molar refractivity (Wildman–Crippen MR) is 165 cm³/mol. The summed E-state index contributed by atoms with van der Waals surface area (Å²) in [7, 11) is 0. The molecule has 0 amide bonds. The Hall–Kier alpha value is -4.94. The third-order valence-corrected chi connectivity index (χ3v) is 7.99. The van der Waals surface area contributed by atoms with Gasteiger partial charge in [0.15, 0.2) is 0 Å². The lowest BCUT2D eigenvalue weighted by Crippen LogP contribution is -1.92. The number of rotatable bonds is 2. The summed E-state index contributed by atoms with van der Waals surface area (Å²) in [6.07, 6.45) is 0. The summed E-state index contributed by atoms with van der Waals surface area (Å²) >= 11 is 0. The van der Waals surface area contributed by atoms with Crippen molar-refractivity contribution < 1.29 is 0 Å². The zero-order chi connectivity index (χ0) is 25.1. The molecule has 0 nitrogen and oxygen atoms in total. The Morgan fingerprint density at radius 1 is 0.263 bits per heavy atom. The van der Waals surface area contributed by atoms with Crippen molar-refractivity contribution in [3.05, 3.63) is 146 Å². The van der Waals surface area contributed by atoms with E-state index in [2.05, 4.69) is 146 Å². The first kappa shape index (κ1) is 21.2. The summed E-state index contributed by atoms with van der Waals surface area (Å²) < 4.78 is 0. The zero-order valence-electron chi connectivity index (χ0n) is 20.9. The first-order valence-corrected chi connectivity index (χ1v) is 13.2. The highest BCUT2D eigenvalue weighted by Gasteiger charge is 2.19. The highest BCUT2D eigenvalue weighted by atomic mass is 14.2. The molecule has 0 atom stereocenters. The van der Waals surface area contributed by atoms with Crippen molar-refractivity contribution in [3.8, 4) is 22.3 Å². The van der Waals surface area contributed by atoms with Gasteiger partial charge in [-0.2, -0.15) is 0 Å². The van der Waals surface area contributed by atoms with Crippen molar-refractivity contribution in [1.82, 2.24) is 0 Å². The van der Waals surface area contributed by atoms with Gasteiger partial charge in [-0.05, 0) is 94.3 Å². The highest BCUT2D eigenvalue weighted by Crippen LogP contribution is 2.46. The van der Waals surface area contributed by atoms with Gasteiger partial charge in [-0.25, -0.2) is 0 Å². The van der Waals surface area contributed by atoms with E-state index >= 15 is 0 Å². The average Bonchev–Trinajstić information content (AvgIpc) is 2.99. The minimum absolute atomic E-state index is 1.25. The molecule has 8 aromatic carbocycles. The van der Waals surface area contributed by atoms with E-state index in [1.165, 1.54) is 76.1 Å². The van der Waals surface area contributed by atoms with E-state index in [9.17, 15) is 0 Å². The Morgan fingerprint density at radius 3 is 1.32 bits per heavy atom. The van der Waals surface area contributed by atoms with Crippen molar-refractivity contribution in [2.24, 2.45) is 0 Å². The Balaban J connectivity index is 1.61. The second kappa shape index (κ2) is 8.30. The van der Waals surface area contributed by atoms with Crippen LogP contribution in [0.1, 0.15) is 0 Å². The van der Waals surface area contributed by atoms with Crippen LogP contribution < -0.4 is 0 Å². The molecule has 38 heavy (non-hydrogen) atoms. The van der Waals surface area contributed by atoms with E-state index in [0.29, 0.717) is 0 Å². The first-order valence-electron chi connectivity index (χ1n) is 13.2. The van der Waals surface area contributed by atoms with Crippen LogP contribution >= 0.6 is 0 Å². The minimum atomic E-state index is 1.25. The second-order valence-electron chi connectivity index (χ2n) is 10.1. The number of hydrogen-bond acceptors (Lipinski definition) is 0. The molecule has 0 saturated heterocycles. The van der Waals surface area contributed by atoms with Crippen LogP contribution in [0, 0.1) is 0 Å². The van der Waals surface area contributed by atoms with Crippen LogP contribution in [0.3, 0.4) is 0 Å². The number of fused-ring (bicyclic) bond motifs is 6. The molecule has 8 rings (SSSR count). The summed E-state index contributed by atoms with van der Waals surface area (Å²) in [4.78, 5) is 0. The van der Waals surface area contributed by atoms with Gasteiger partial charge in [-0.1, -0.05) is 127 Å². The minimum Gasteiger partial charge on any atom is -0.0622 e. The van der Waals surface area contributed by atoms with Gasteiger partial charge in [0.2, 0.25) is 0 Å². The fourth-order valence-corrected chi connectivity index (χ4v) is 6.33. The topological polar surface area (TPSA) is 0 Å². The molecule has 0 aromatic heterocycles. The standard InChI is InChI=1S/C38H24/c1-2-12-25(13-3-1)37-30-18-8-10-20-32(30)38(33-21-11-9-19-31(33)37)36-24-28-16-6-7-17-29(28)34-22-26-14-4-5-15-27(26)23-35(34)36/h1-24H. The molecule has 0 N–H and O–H groups in total. The maximum atomic E-state index is 2.41. The lowest BCUT2D eigenvalue weighted by atomic mass is 9.83. The van der Waals surface area contributed by atoms with E-state index in [1.807, 2.05) is 0 Å². The van der Waals surface area contributed by atoms with Crippen molar-refractivity contribution in [2.75, 3.05) is 0 Å². The van der Waals surface area contributed by atoms with Crippen molar-refractivity contribution in [1.29, 1.82) is 0 Å². The van der Waals surface area contributed by atoms with Gasteiger partial charge in [0.1, 0.15) is 0 Å². The molecule has 0 bridgehead atoms. The van der Waals surface area contributed by atoms with Crippen LogP contribution in [0.25, 0.3) is 76.1 Å². The van der Waals surface area contributed by atoms with E-state index in [-0.39, 0.29) is 0 Å². The molecule has 0 aliphatic carbocycles. The molecule has 8 aromatic rings. The molecule has 0 fully saturated rings. The smallest absolute Gasteiger partial charge is 0.00199 e. The van der Waals surface area contributed by atoms with Crippen molar-refractivity contribution in [3.63, 3.8) is 0 Å². The van der Waals surface area contributed by atoms with E-state index in [4.69, 9.17) is 0 Å². The third-order valence-electron chi connectivity index (χ3n) is 7.99. The molecule has 0 heterocycles. The molecule has 0 heteroatoms. The fourth-order valence-electron chi connectivity index (χ4n) is 6.33. The summed E-state index contributed by atoms with van der Waals surface area (Å²) in [5.74, 6) is 0. The van der Waals surface area contributed by atoms with Gasteiger partial charge in [0.05, 0.1) is 0 Å². The lowest BCUT2D eigenvalue weighted by molar-refractivity contribution is 1.67. The van der Waals surface area contributed by atoms with E-state index in [1.54, 1.807) is 0 Å². The molecular formula is C38H24. The SMILES string of the molecule is c1ccc(-c2c3ccccc3c(-c3cc4ccccc4c4cc5ccccc5cc34)c3ccccc23)cc1. The van der Waals surface area contributed by atoms with E-state index in [0.717, 1.165) is 0 Å². The molecule has 0 aliphatic rings. The van der Waals surface area contributed by atoms with Crippen molar-refractivity contribution >= 4 is 53.9 Å². The van der Waals surface area contributed by atoms with Gasteiger partial charge in [0, 0.05) is 0 Å². The van der Waals surface area contributed by atoms with Crippen molar-refractivity contribution in [2.45, 2.75) is 0 Å². The maximum absolute atomic E-state index is 2.41. The molecule has 0 saturated carbocycles.